The van der Waals surface area contributed by atoms with Gasteiger partial charge in [0.15, 0.2) is 5.82 Å². The van der Waals surface area contributed by atoms with Gasteiger partial charge in [-0.3, -0.25) is 5.43 Å². The molecule has 134 valence electrons. The third-order valence-corrected chi connectivity index (χ3v) is 5.96. The fraction of sp³-hybridized carbons (Fsp3) is 0.278. The number of nitrogens with zero attached hydrogens (tertiary/aromatic N) is 4. The first-order valence-electron chi connectivity index (χ1n) is 8.34. The third-order valence-electron chi connectivity index (χ3n) is 4.08. The average Bonchev–Trinajstić information content (AvgIpc) is 3.04. The van der Waals surface area contributed by atoms with Crippen molar-refractivity contribution in [3.05, 3.63) is 45.2 Å². The minimum atomic E-state index is 0.695. The van der Waals surface area contributed by atoms with Crippen molar-refractivity contribution < 1.29 is 4.74 Å². The smallest absolute Gasteiger partial charge is 0.228 e. The van der Waals surface area contributed by atoms with Crippen molar-refractivity contribution in [2.75, 3.05) is 36.6 Å². The number of rotatable bonds is 4. The third kappa shape index (κ3) is 3.72. The number of fused-ring (bicyclic) bond motifs is 1. The highest BCUT2D eigenvalue weighted by molar-refractivity contribution is 9.10. The van der Waals surface area contributed by atoms with Crippen LogP contribution in [-0.2, 0) is 4.74 Å². The second kappa shape index (κ2) is 7.69. The van der Waals surface area contributed by atoms with Crippen LogP contribution < -0.4 is 10.3 Å². The van der Waals surface area contributed by atoms with E-state index in [1.807, 2.05) is 17.5 Å². The van der Waals surface area contributed by atoms with Gasteiger partial charge in [0.25, 0.3) is 0 Å². The van der Waals surface area contributed by atoms with Crippen LogP contribution in [0.1, 0.15) is 11.1 Å². The van der Waals surface area contributed by atoms with E-state index >= 15 is 0 Å². The molecular formula is C18H18BrN5OS. The largest absolute Gasteiger partial charge is 0.378 e. The summed E-state index contributed by atoms with van der Waals surface area (Å²) < 4.78 is 7.38. The predicted octanol–water partition coefficient (Wildman–Crippen LogP) is 4.04. The zero-order valence-electron chi connectivity index (χ0n) is 14.3. The van der Waals surface area contributed by atoms with Crippen LogP contribution in [0.25, 0.3) is 10.2 Å². The van der Waals surface area contributed by atoms with Gasteiger partial charge in [-0.15, -0.1) is 11.3 Å². The van der Waals surface area contributed by atoms with Crippen molar-refractivity contribution in [3.63, 3.8) is 0 Å². The first-order chi connectivity index (χ1) is 12.7. The summed E-state index contributed by atoms with van der Waals surface area (Å²) in [7, 11) is 0. The Morgan fingerprint density at radius 3 is 2.96 bits per heavy atom. The van der Waals surface area contributed by atoms with Crippen molar-refractivity contribution in [2.24, 2.45) is 5.10 Å². The zero-order chi connectivity index (χ0) is 17.9. The molecule has 0 radical (unpaired) electrons. The number of morpholine rings is 1. The van der Waals surface area contributed by atoms with Gasteiger partial charge in [-0.1, -0.05) is 29.8 Å². The lowest BCUT2D eigenvalue weighted by Gasteiger charge is -2.27. The molecular weight excluding hydrogens is 414 g/mol. The molecule has 2 aromatic heterocycles. The maximum Gasteiger partial charge on any atom is 0.228 e. The number of hydrogen-bond donors (Lipinski definition) is 1. The Balaban J connectivity index is 1.64. The lowest BCUT2D eigenvalue weighted by Crippen LogP contribution is -2.37. The number of hydrazone groups is 1. The molecule has 1 N–H and O–H groups in total. The van der Waals surface area contributed by atoms with E-state index < -0.39 is 0 Å². The van der Waals surface area contributed by atoms with E-state index in [9.17, 15) is 0 Å². The average molecular weight is 432 g/mol. The molecule has 4 rings (SSSR count). The molecule has 6 nitrogen and oxygen atoms in total. The van der Waals surface area contributed by atoms with E-state index in [0.29, 0.717) is 19.2 Å². The fourth-order valence-electron chi connectivity index (χ4n) is 2.78. The molecule has 0 amide bonds. The van der Waals surface area contributed by atoms with Gasteiger partial charge in [0.1, 0.15) is 5.52 Å². The van der Waals surface area contributed by atoms with E-state index in [1.54, 1.807) is 17.6 Å². The van der Waals surface area contributed by atoms with Crippen LogP contribution in [0.4, 0.5) is 11.8 Å². The van der Waals surface area contributed by atoms with Gasteiger partial charge >= 0.3 is 0 Å². The Morgan fingerprint density at radius 2 is 2.15 bits per heavy atom. The van der Waals surface area contributed by atoms with Gasteiger partial charge in [-0.05, 0) is 28.4 Å². The van der Waals surface area contributed by atoms with E-state index in [2.05, 4.69) is 50.4 Å². The van der Waals surface area contributed by atoms with Crippen LogP contribution in [0.15, 0.2) is 39.2 Å². The standard InChI is InChI=1S/C18H18BrN5OS/c1-12-3-2-4-13(9-12)10-20-23-17-16-15(14(19)11-26-16)21-18(22-17)24-5-7-25-8-6-24/h2-4,9-11H,5-8H2,1H3,(H,21,22,23). The molecule has 0 aliphatic carbocycles. The lowest BCUT2D eigenvalue weighted by atomic mass is 10.2. The molecule has 0 saturated carbocycles. The Labute approximate surface area is 164 Å². The molecule has 0 atom stereocenters. The SMILES string of the molecule is Cc1cccc(C=NNc2nc(N3CCOCC3)nc3c(Br)csc23)c1. The van der Waals surface area contributed by atoms with E-state index in [0.717, 1.165) is 39.2 Å². The Hall–Kier alpha value is -2.03. The summed E-state index contributed by atoms with van der Waals surface area (Å²) in [5.74, 6) is 1.42. The van der Waals surface area contributed by atoms with Crippen LogP contribution in [0, 0.1) is 6.92 Å². The number of hydrogen-bond acceptors (Lipinski definition) is 7. The Kier molecular flexibility index (Phi) is 5.14. The number of thiophene rings is 1. The predicted molar refractivity (Wildman–Crippen MR) is 111 cm³/mol. The highest BCUT2D eigenvalue weighted by Crippen LogP contribution is 2.34. The molecule has 1 saturated heterocycles. The maximum absolute atomic E-state index is 5.43. The Bertz CT molecular complexity index is 952. The summed E-state index contributed by atoms with van der Waals surface area (Å²) in [4.78, 5) is 11.6. The van der Waals surface area contributed by atoms with Crippen molar-refractivity contribution in [1.82, 2.24) is 9.97 Å². The number of ether oxygens (including phenoxy) is 1. The van der Waals surface area contributed by atoms with E-state index in [-0.39, 0.29) is 0 Å². The number of benzene rings is 1. The Morgan fingerprint density at radius 1 is 1.31 bits per heavy atom. The van der Waals surface area contributed by atoms with Gasteiger partial charge in [0, 0.05) is 18.5 Å². The number of halogens is 1. The van der Waals surface area contributed by atoms with E-state index in [1.165, 1.54) is 5.56 Å². The molecule has 0 unspecified atom stereocenters. The molecule has 0 bridgehead atoms. The molecule has 3 aromatic rings. The minimum absolute atomic E-state index is 0.695. The lowest BCUT2D eigenvalue weighted by molar-refractivity contribution is 0.122. The molecule has 3 heterocycles. The number of aryl methyl sites for hydroxylation is 1. The summed E-state index contributed by atoms with van der Waals surface area (Å²) in [5, 5.41) is 6.41. The fourth-order valence-corrected chi connectivity index (χ4v) is 4.28. The molecule has 1 aliphatic heterocycles. The van der Waals surface area contributed by atoms with Gasteiger partial charge in [0.05, 0.1) is 28.6 Å². The van der Waals surface area contributed by atoms with Crippen LogP contribution in [0.2, 0.25) is 0 Å². The minimum Gasteiger partial charge on any atom is -0.378 e. The molecule has 1 fully saturated rings. The van der Waals surface area contributed by atoms with Gasteiger partial charge < -0.3 is 9.64 Å². The first kappa shape index (κ1) is 17.4. The normalized spacial score (nSPS) is 15.1. The quantitative estimate of drug-likeness (QED) is 0.498. The zero-order valence-corrected chi connectivity index (χ0v) is 16.7. The molecule has 0 spiro atoms. The maximum atomic E-state index is 5.43. The van der Waals surface area contributed by atoms with Crippen molar-refractivity contribution >= 4 is 55.5 Å². The summed E-state index contributed by atoms with van der Waals surface area (Å²) in [6, 6.07) is 8.19. The van der Waals surface area contributed by atoms with Crippen LogP contribution in [-0.4, -0.2) is 42.5 Å². The summed E-state index contributed by atoms with van der Waals surface area (Å²) >= 11 is 5.18. The summed E-state index contributed by atoms with van der Waals surface area (Å²) in [5.41, 5.74) is 6.25. The number of anilines is 2. The first-order valence-corrected chi connectivity index (χ1v) is 10.0. The van der Waals surface area contributed by atoms with Crippen molar-refractivity contribution in [2.45, 2.75) is 6.92 Å². The molecule has 1 aromatic carbocycles. The van der Waals surface area contributed by atoms with E-state index in [4.69, 9.17) is 14.7 Å². The van der Waals surface area contributed by atoms with Gasteiger partial charge in [-0.25, -0.2) is 4.98 Å². The number of aromatic nitrogens is 2. The van der Waals surface area contributed by atoms with Crippen LogP contribution >= 0.6 is 27.3 Å². The second-order valence-electron chi connectivity index (χ2n) is 6.02. The summed E-state index contributed by atoms with van der Waals surface area (Å²) in [6.07, 6.45) is 1.80. The summed E-state index contributed by atoms with van der Waals surface area (Å²) in [6.45, 7) is 5.04. The topological polar surface area (TPSA) is 62.6 Å². The van der Waals surface area contributed by atoms with Gasteiger partial charge in [-0.2, -0.15) is 10.1 Å². The molecule has 26 heavy (non-hydrogen) atoms. The molecule has 8 heteroatoms. The van der Waals surface area contributed by atoms with Crippen molar-refractivity contribution in [3.8, 4) is 0 Å². The number of nitrogens with one attached hydrogen (secondary N) is 1. The van der Waals surface area contributed by atoms with Crippen LogP contribution in [0.3, 0.4) is 0 Å². The van der Waals surface area contributed by atoms with Crippen LogP contribution in [0.5, 0.6) is 0 Å². The highest BCUT2D eigenvalue weighted by Gasteiger charge is 2.18. The monoisotopic (exact) mass is 431 g/mol. The van der Waals surface area contributed by atoms with Gasteiger partial charge in [0.2, 0.25) is 5.95 Å². The van der Waals surface area contributed by atoms with Crippen molar-refractivity contribution in [1.29, 1.82) is 0 Å². The molecule has 1 aliphatic rings. The highest BCUT2D eigenvalue weighted by atomic mass is 79.9. The second-order valence-corrected chi connectivity index (χ2v) is 7.75.